The van der Waals surface area contributed by atoms with E-state index < -0.39 is 0 Å². The lowest BCUT2D eigenvalue weighted by Gasteiger charge is -2.15. The molecule has 11 aromatic rings. The van der Waals surface area contributed by atoms with E-state index in [1.54, 1.807) is 0 Å². The van der Waals surface area contributed by atoms with E-state index in [-0.39, 0.29) is 0 Å². The molecule has 254 valence electrons. The Morgan fingerprint density at radius 3 is 1.60 bits per heavy atom. The summed E-state index contributed by atoms with van der Waals surface area (Å²) < 4.78 is 5.07. The van der Waals surface area contributed by atoms with Gasteiger partial charge in [0.15, 0.2) is 0 Å². The predicted octanol–water partition coefficient (Wildman–Crippen LogP) is 13.9. The Labute approximate surface area is 317 Å². The van der Waals surface area contributed by atoms with Gasteiger partial charge in [0.2, 0.25) is 0 Å². The zero-order chi connectivity index (χ0) is 35.8. The molecule has 0 aliphatic heterocycles. The van der Waals surface area contributed by atoms with Gasteiger partial charge in [-0.1, -0.05) is 146 Å². The Morgan fingerprint density at radius 2 is 0.855 bits per heavy atom. The number of aromatic nitrogens is 2. The monoisotopic (exact) mass is 696 g/mol. The fourth-order valence-electron chi connectivity index (χ4n) is 10.3. The summed E-state index contributed by atoms with van der Waals surface area (Å²) in [6, 6.07) is 67.6. The highest BCUT2D eigenvalue weighted by molar-refractivity contribution is 6.33. The first-order valence-corrected chi connectivity index (χ1v) is 19.2. The molecule has 0 saturated carbocycles. The van der Waals surface area contributed by atoms with Gasteiger partial charge >= 0.3 is 0 Å². The van der Waals surface area contributed by atoms with Crippen molar-refractivity contribution >= 4 is 54.4 Å². The molecule has 0 unspecified atom stereocenters. The fraction of sp³-hybridized carbons (Fsp3) is 0.0189. The van der Waals surface area contributed by atoms with Gasteiger partial charge < -0.3 is 9.13 Å². The molecule has 0 fully saturated rings. The molecule has 2 aliphatic carbocycles. The average molecular weight is 697 g/mol. The van der Waals surface area contributed by atoms with Crippen LogP contribution in [0.2, 0.25) is 0 Å². The molecule has 0 N–H and O–H groups in total. The summed E-state index contributed by atoms with van der Waals surface area (Å²) in [4.78, 5) is 0. The van der Waals surface area contributed by atoms with E-state index in [9.17, 15) is 0 Å². The molecule has 2 aliphatic rings. The van der Waals surface area contributed by atoms with Crippen LogP contribution in [0.25, 0.3) is 110 Å². The number of hydrogen-bond donors (Lipinski definition) is 0. The van der Waals surface area contributed by atoms with Crippen LogP contribution >= 0.6 is 0 Å². The van der Waals surface area contributed by atoms with E-state index in [0.29, 0.717) is 0 Å². The quantitative estimate of drug-likeness (QED) is 0.174. The van der Waals surface area contributed by atoms with Crippen LogP contribution in [-0.4, -0.2) is 9.13 Å². The highest BCUT2D eigenvalue weighted by Gasteiger charge is 2.32. The SMILES string of the molecule is c1ccc(-n2c3ccccc3c3c4c5ccccc5n(-c5ccc(-c6ccc7c8c(cccc68)-c6ccccc6-7)cc5)c4c4c(c32)-c2ccccc2C4)cc1. The van der Waals surface area contributed by atoms with Crippen molar-refractivity contribution in [1.82, 2.24) is 9.13 Å². The molecular weight excluding hydrogens is 665 g/mol. The van der Waals surface area contributed by atoms with Crippen molar-refractivity contribution in [2.75, 3.05) is 0 Å². The van der Waals surface area contributed by atoms with Gasteiger partial charge in [0.25, 0.3) is 0 Å². The summed E-state index contributed by atoms with van der Waals surface area (Å²) in [6.07, 6.45) is 0.895. The summed E-state index contributed by atoms with van der Waals surface area (Å²) in [7, 11) is 0. The van der Waals surface area contributed by atoms with E-state index in [4.69, 9.17) is 0 Å². The van der Waals surface area contributed by atoms with Crippen molar-refractivity contribution in [2.45, 2.75) is 6.42 Å². The lowest BCUT2D eigenvalue weighted by atomic mass is 9.94. The van der Waals surface area contributed by atoms with E-state index >= 15 is 0 Å². The molecular formula is C53H32N2. The number of hydrogen-bond acceptors (Lipinski definition) is 0. The summed E-state index contributed by atoms with van der Waals surface area (Å²) in [6.45, 7) is 0. The fourth-order valence-corrected chi connectivity index (χ4v) is 10.3. The number of para-hydroxylation sites is 3. The molecule has 55 heavy (non-hydrogen) atoms. The number of rotatable bonds is 3. The van der Waals surface area contributed by atoms with Crippen molar-refractivity contribution in [2.24, 2.45) is 0 Å². The van der Waals surface area contributed by atoms with Gasteiger partial charge in [-0.3, -0.25) is 0 Å². The van der Waals surface area contributed by atoms with Crippen LogP contribution in [0.1, 0.15) is 11.1 Å². The van der Waals surface area contributed by atoms with E-state index in [1.165, 1.54) is 121 Å². The summed E-state index contributed by atoms with van der Waals surface area (Å²) in [5.41, 5.74) is 20.8. The minimum atomic E-state index is 0.895. The van der Waals surface area contributed by atoms with E-state index in [0.717, 1.165) is 6.42 Å². The highest BCUT2D eigenvalue weighted by atomic mass is 15.0. The first-order valence-electron chi connectivity index (χ1n) is 19.2. The molecule has 2 aromatic heterocycles. The molecule has 0 spiro atoms. The lowest BCUT2D eigenvalue weighted by molar-refractivity contribution is 1.15. The third kappa shape index (κ3) is 3.78. The van der Waals surface area contributed by atoms with Gasteiger partial charge in [0, 0.05) is 44.9 Å². The summed E-state index contributed by atoms with van der Waals surface area (Å²) >= 11 is 0. The zero-order valence-corrected chi connectivity index (χ0v) is 29.9. The normalized spacial score (nSPS) is 12.7. The Kier molecular flexibility index (Phi) is 5.71. The Hall–Kier alpha value is -7.16. The zero-order valence-electron chi connectivity index (χ0n) is 29.9. The first kappa shape index (κ1) is 29.3. The van der Waals surface area contributed by atoms with Gasteiger partial charge in [-0.25, -0.2) is 0 Å². The van der Waals surface area contributed by atoms with Gasteiger partial charge in [0.1, 0.15) is 0 Å². The first-order chi connectivity index (χ1) is 27.3. The number of fused-ring (bicyclic) bond motifs is 15. The molecule has 0 atom stereocenters. The maximum Gasteiger partial charge on any atom is 0.0630 e. The van der Waals surface area contributed by atoms with Crippen molar-refractivity contribution in [3.05, 3.63) is 193 Å². The molecule has 2 heteroatoms. The Morgan fingerprint density at radius 1 is 0.327 bits per heavy atom. The second-order valence-electron chi connectivity index (χ2n) is 15.2. The standard InChI is InChI=1S/C53H32N2/c1-2-14-34(15-3-1)55-47-24-11-9-20-44(47)51-50-43-19-8-10-23-46(43)54(52(50)45-31-33-13-4-5-16-37(33)49(45)53(51)55)35-27-25-32(26-28-35)36-29-30-42-39-18-7-6-17-38(39)41-22-12-21-40(36)48(41)42/h1-30H,31H2. The van der Waals surface area contributed by atoms with Crippen molar-refractivity contribution in [1.29, 1.82) is 0 Å². The molecule has 2 nitrogen and oxygen atoms in total. The van der Waals surface area contributed by atoms with Gasteiger partial charge in [-0.15, -0.1) is 0 Å². The average Bonchev–Trinajstić information content (AvgIpc) is 3.99. The van der Waals surface area contributed by atoms with Gasteiger partial charge in [0.05, 0.1) is 22.1 Å². The molecule has 0 radical (unpaired) electrons. The second-order valence-corrected chi connectivity index (χ2v) is 15.2. The van der Waals surface area contributed by atoms with Crippen LogP contribution in [0.15, 0.2) is 182 Å². The van der Waals surface area contributed by atoms with Crippen molar-refractivity contribution in [3.8, 4) is 55.9 Å². The molecule has 0 amide bonds. The van der Waals surface area contributed by atoms with Crippen molar-refractivity contribution < 1.29 is 0 Å². The smallest absolute Gasteiger partial charge is 0.0630 e. The van der Waals surface area contributed by atoms with E-state index in [2.05, 4.69) is 191 Å². The number of benzene rings is 9. The summed E-state index contributed by atoms with van der Waals surface area (Å²) in [5.74, 6) is 0. The molecule has 9 aromatic carbocycles. The van der Waals surface area contributed by atoms with Crippen LogP contribution in [0.3, 0.4) is 0 Å². The van der Waals surface area contributed by atoms with Gasteiger partial charge in [-0.2, -0.15) is 0 Å². The van der Waals surface area contributed by atoms with Crippen LogP contribution in [0.5, 0.6) is 0 Å². The van der Waals surface area contributed by atoms with Gasteiger partial charge in [-0.05, 0) is 97.2 Å². The Balaban J connectivity index is 1.11. The van der Waals surface area contributed by atoms with E-state index in [1.807, 2.05) is 0 Å². The molecule has 0 saturated heterocycles. The van der Waals surface area contributed by atoms with Crippen LogP contribution < -0.4 is 0 Å². The largest absolute Gasteiger partial charge is 0.309 e. The van der Waals surface area contributed by atoms with Crippen molar-refractivity contribution in [3.63, 3.8) is 0 Å². The maximum absolute atomic E-state index is 2.55. The van der Waals surface area contributed by atoms with Crippen LogP contribution in [0, 0.1) is 0 Å². The maximum atomic E-state index is 2.55. The second kappa shape index (κ2) is 10.7. The lowest BCUT2D eigenvalue weighted by Crippen LogP contribution is -1.99. The molecule has 13 rings (SSSR count). The third-order valence-electron chi connectivity index (χ3n) is 12.5. The molecule has 2 heterocycles. The van der Waals surface area contributed by atoms with Crippen LogP contribution in [0.4, 0.5) is 0 Å². The number of nitrogens with zero attached hydrogens (tertiary/aromatic N) is 2. The minimum absolute atomic E-state index is 0.895. The minimum Gasteiger partial charge on any atom is -0.309 e. The van der Waals surface area contributed by atoms with Crippen LogP contribution in [-0.2, 0) is 6.42 Å². The predicted molar refractivity (Wildman–Crippen MR) is 231 cm³/mol. The highest BCUT2D eigenvalue weighted by Crippen LogP contribution is 2.53. The Bertz CT molecular complexity index is 3400. The third-order valence-corrected chi connectivity index (χ3v) is 12.5. The summed E-state index contributed by atoms with van der Waals surface area (Å²) in [5, 5.41) is 7.90. The topological polar surface area (TPSA) is 9.86 Å². The molecule has 0 bridgehead atoms.